The summed E-state index contributed by atoms with van der Waals surface area (Å²) < 4.78 is 1.09. The molecular formula is C6H7BrClN. The van der Waals surface area contributed by atoms with E-state index in [1.54, 1.807) is 6.20 Å². The number of aryl methyl sites for hydroxylation is 1. The summed E-state index contributed by atoms with van der Waals surface area (Å²) in [5.41, 5.74) is 1.04. The maximum absolute atomic E-state index is 4.01. The van der Waals surface area contributed by atoms with Crippen molar-refractivity contribution in [1.29, 1.82) is 0 Å². The minimum Gasteiger partial charge on any atom is -0.262 e. The van der Waals surface area contributed by atoms with E-state index in [2.05, 4.69) is 20.9 Å². The van der Waals surface area contributed by atoms with Crippen LogP contribution in [0.3, 0.4) is 0 Å². The SMILES string of the molecule is Cc1cc(Br)ccn1.Cl. The molecule has 0 unspecified atom stereocenters. The van der Waals surface area contributed by atoms with Crippen molar-refractivity contribution in [3.63, 3.8) is 0 Å². The molecule has 1 heterocycles. The van der Waals surface area contributed by atoms with Crippen LogP contribution in [0.15, 0.2) is 22.8 Å². The van der Waals surface area contributed by atoms with Crippen molar-refractivity contribution in [3.8, 4) is 0 Å². The largest absolute Gasteiger partial charge is 0.262 e. The Morgan fingerprint density at radius 2 is 2.22 bits per heavy atom. The quantitative estimate of drug-likeness (QED) is 0.639. The zero-order chi connectivity index (χ0) is 5.98. The molecule has 0 atom stereocenters. The average molecular weight is 208 g/mol. The molecule has 50 valence electrons. The van der Waals surface area contributed by atoms with Crippen molar-refractivity contribution in [2.24, 2.45) is 0 Å². The highest BCUT2D eigenvalue weighted by atomic mass is 79.9. The van der Waals surface area contributed by atoms with Crippen molar-refractivity contribution in [3.05, 3.63) is 28.5 Å². The van der Waals surface area contributed by atoms with E-state index in [1.165, 1.54) is 0 Å². The molecule has 0 radical (unpaired) electrons. The maximum atomic E-state index is 4.01. The fourth-order valence-electron chi connectivity index (χ4n) is 0.511. The third-order valence-corrected chi connectivity index (χ3v) is 1.35. The number of pyridine rings is 1. The molecule has 0 N–H and O–H groups in total. The van der Waals surface area contributed by atoms with Gasteiger partial charge in [0.1, 0.15) is 0 Å². The molecule has 0 aliphatic heterocycles. The van der Waals surface area contributed by atoms with E-state index in [-0.39, 0.29) is 12.4 Å². The van der Waals surface area contributed by atoms with Gasteiger partial charge in [-0.1, -0.05) is 15.9 Å². The lowest BCUT2D eigenvalue weighted by Gasteiger charge is -1.88. The smallest absolute Gasteiger partial charge is 0.0383 e. The standard InChI is InChI=1S/C6H6BrN.ClH/c1-5-4-6(7)2-3-8-5;/h2-4H,1H3;1H. The zero-order valence-electron chi connectivity index (χ0n) is 4.97. The first kappa shape index (κ1) is 8.92. The summed E-state index contributed by atoms with van der Waals surface area (Å²) in [6, 6.07) is 3.88. The van der Waals surface area contributed by atoms with E-state index in [4.69, 9.17) is 0 Å². The summed E-state index contributed by atoms with van der Waals surface area (Å²) in [7, 11) is 0. The van der Waals surface area contributed by atoms with Gasteiger partial charge in [0, 0.05) is 16.4 Å². The highest BCUT2D eigenvalue weighted by Crippen LogP contribution is 2.07. The van der Waals surface area contributed by atoms with E-state index in [0.717, 1.165) is 10.2 Å². The number of hydrogen-bond acceptors (Lipinski definition) is 1. The summed E-state index contributed by atoms with van der Waals surface area (Å²) in [6.45, 7) is 1.96. The van der Waals surface area contributed by atoms with Crippen LogP contribution in [0.5, 0.6) is 0 Å². The second-order valence-electron chi connectivity index (χ2n) is 1.62. The summed E-state index contributed by atoms with van der Waals surface area (Å²) in [6.07, 6.45) is 1.78. The number of halogens is 2. The molecule has 0 fully saturated rings. The number of hydrogen-bond donors (Lipinski definition) is 0. The lowest BCUT2D eigenvalue weighted by atomic mass is 10.4. The van der Waals surface area contributed by atoms with Gasteiger partial charge in [0.25, 0.3) is 0 Å². The first-order valence-electron chi connectivity index (χ1n) is 2.37. The highest BCUT2D eigenvalue weighted by Gasteiger charge is 1.83. The highest BCUT2D eigenvalue weighted by molar-refractivity contribution is 9.10. The van der Waals surface area contributed by atoms with Gasteiger partial charge in [-0.25, -0.2) is 0 Å². The van der Waals surface area contributed by atoms with Crippen LogP contribution in [0, 0.1) is 6.92 Å². The van der Waals surface area contributed by atoms with Crippen LogP contribution < -0.4 is 0 Å². The molecule has 9 heavy (non-hydrogen) atoms. The molecule has 3 heteroatoms. The zero-order valence-corrected chi connectivity index (χ0v) is 7.37. The minimum absolute atomic E-state index is 0. The van der Waals surface area contributed by atoms with Gasteiger partial charge < -0.3 is 0 Å². The molecule has 0 bridgehead atoms. The monoisotopic (exact) mass is 207 g/mol. The average Bonchev–Trinajstić information content (AvgIpc) is 1.64. The fourth-order valence-corrected chi connectivity index (χ4v) is 0.960. The van der Waals surface area contributed by atoms with E-state index in [0.29, 0.717) is 0 Å². The lowest BCUT2D eigenvalue weighted by molar-refractivity contribution is 1.19. The van der Waals surface area contributed by atoms with Crippen molar-refractivity contribution < 1.29 is 0 Å². The number of aromatic nitrogens is 1. The number of nitrogens with zero attached hydrogens (tertiary/aromatic N) is 1. The maximum Gasteiger partial charge on any atom is 0.0383 e. The van der Waals surface area contributed by atoms with Crippen LogP contribution in [0.2, 0.25) is 0 Å². The predicted molar refractivity (Wildman–Crippen MR) is 43.9 cm³/mol. The summed E-state index contributed by atoms with van der Waals surface area (Å²) in [5, 5.41) is 0. The van der Waals surface area contributed by atoms with Crippen LogP contribution in [0.1, 0.15) is 5.69 Å². The molecule has 0 aliphatic carbocycles. The van der Waals surface area contributed by atoms with E-state index in [9.17, 15) is 0 Å². The summed E-state index contributed by atoms with van der Waals surface area (Å²) >= 11 is 3.32. The van der Waals surface area contributed by atoms with Gasteiger partial charge in [0.15, 0.2) is 0 Å². The Hall–Kier alpha value is -0.0800. The molecule has 1 aromatic rings. The van der Waals surface area contributed by atoms with Gasteiger partial charge in [-0.15, -0.1) is 12.4 Å². The van der Waals surface area contributed by atoms with Crippen LogP contribution in [-0.2, 0) is 0 Å². The lowest BCUT2D eigenvalue weighted by Crippen LogP contribution is -1.75. The van der Waals surface area contributed by atoms with Crippen LogP contribution >= 0.6 is 28.3 Å². The fraction of sp³-hybridized carbons (Fsp3) is 0.167. The Kier molecular flexibility index (Phi) is 3.82. The molecule has 0 aromatic carbocycles. The number of rotatable bonds is 0. The predicted octanol–water partition coefficient (Wildman–Crippen LogP) is 2.57. The van der Waals surface area contributed by atoms with Crippen LogP contribution in [0.25, 0.3) is 0 Å². The topological polar surface area (TPSA) is 12.9 Å². The van der Waals surface area contributed by atoms with Gasteiger partial charge in [-0.2, -0.15) is 0 Å². The second-order valence-corrected chi connectivity index (χ2v) is 2.53. The van der Waals surface area contributed by atoms with Crippen LogP contribution in [-0.4, -0.2) is 4.98 Å². The molecule has 0 spiro atoms. The molecule has 0 saturated carbocycles. The van der Waals surface area contributed by atoms with Gasteiger partial charge in [-0.3, -0.25) is 4.98 Å². The molecule has 1 aromatic heterocycles. The Morgan fingerprint density at radius 1 is 1.56 bits per heavy atom. The van der Waals surface area contributed by atoms with E-state index >= 15 is 0 Å². The van der Waals surface area contributed by atoms with Gasteiger partial charge in [0.2, 0.25) is 0 Å². The first-order valence-corrected chi connectivity index (χ1v) is 3.16. The summed E-state index contributed by atoms with van der Waals surface area (Å²) in [5.74, 6) is 0. The Labute approximate surface area is 69.0 Å². The first-order chi connectivity index (χ1) is 3.79. The van der Waals surface area contributed by atoms with Crippen LogP contribution in [0.4, 0.5) is 0 Å². The van der Waals surface area contributed by atoms with E-state index < -0.39 is 0 Å². The van der Waals surface area contributed by atoms with E-state index in [1.807, 2.05) is 19.1 Å². The minimum atomic E-state index is 0. The van der Waals surface area contributed by atoms with Gasteiger partial charge >= 0.3 is 0 Å². The van der Waals surface area contributed by atoms with Crippen molar-refractivity contribution in [2.45, 2.75) is 6.92 Å². The van der Waals surface area contributed by atoms with Crippen molar-refractivity contribution >= 4 is 28.3 Å². The van der Waals surface area contributed by atoms with Gasteiger partial charge in [0.05, 0.1) is 0 Å². The normalized spacial score (nSPS) is 8.22. The third kappa shape index (κ3) is 2.82. The molecular weight excluding hydrogens is 201 g/mol. The molecule has 1 nitrogen and oxygen atoms in total. The molecule has 0 amide bonds. The van der Waals surface area contributed by atoms with Crippen molar-refractivity contribution in [2.75, 3.05) is 0 Å². The summed E-state index contributed by atoms with van der Waals surface area (Å²) in [4.78, 5) is 4.01. The molecule has 0 aliphatic rings. The molecule has 0 saturated heterocycles. The Morgan fingerprint density at radius 3 is 2.56 bits per heavy atom. The second kappa shape index (κ2) is 3.85. The molecule has 1 rings (SSSR count). The van der Waals surface area contributed by atoms with Crippen molar-refractivity contribution in [1.82, 2.24) is 4.98 Å². The Balaban J connectivity index is 0.000000640. The van der Waals surface area contributed by atoms with Gasteiger partial charge in [-0.05, 0) is 19.1 Å². The third-order valence-electron chi connectivity index (χ3n) is 0.859. The Bertz CT molecular complexity index is 173.